The molecular formula is C13H17NO3. The molecule has 1 amide bonds. The van der Waals surface area contributed by atoms with Crippen LogP contribution in [0.3, 0.4) is 0 Å². The van der Waals surface area contributed by atoms with Crippen LogP contribution in [0.4, 0.5) is 0 Å². The van der Waals surface area contributed by atoms with Crippen molar-refractivity contribution in [2.75, 3.05) is 13.7 Å². The van der Waals surface area contributed by atoms with E-state index in [0.29, 0.717) is 6.54 Å². The number of likely N-dealkylation sites (tertiary alicyclic amines) is 1. The van der Waals surface area contributed by atoms with E-state index in [0.717, 1.165) is 11.3 Å². The molecule has 0 saturated carbocycles. The zero-order valence-electron chi connectivity index (χ0n) is 10.1. The average molecular weight is 235 g/mol. The first-order valence-corrected chi connectivity index (χ1v) is 5.73. The number of rotatable bonds is 3. The molecule has 0 bridgehead atoms. The summed E-state index contributed by atoms with van der Waals surface area (Å²) in [6.07, 6.45) is -0.288. The summed E-state index contributed by atoms with van der Waals surface area (Å²) in [5.74, 6) is 0.814. The van der Waals surface area contributed by atoms with E-state index in [1.807, 2.05) is 31.2 Å². The Bertz CT molecular complexity index is 402. The van der Waals surface area contributed by atoms with Crippen LogP contribution in [0.25, 0.3) is 0 Å². The van der Waals surface area contributed by atoms with E-state index in [2.05, 4.69) is 0 Å². The monoisotopic (exact) mass is 235 g/mol. The highest BCUT2D eigenvalue weighted by Crippen LogP contribution is 2.26. The molecule has 0 aromatic heterocycles. The van der Waals surface area contributed by atoms with Crippen molar-refractivity contribution in [2.24, 2.45) is 0 Å². The smallest absolute Gasteiger partial charge is 0.225 e. The van der Waals surface area contributed by atoms with Crippen LogP contribution in [-0.4, -0.2) is 35.7 Å². The second-order valence-corrected chi connectivity index (χ2v) is 4.35. The minimum atomic E-state index is -0.525. The normalized spacial score (nSPS) is 21.7. The third kappa shape index (κ3) is 2.42. The molecule has 1 aromatic rings. The molecule has 1 aromatic carbocycles. The summed E-state index contributed by atoms with van der Waals surface area (Å²) in [7, 11) is 1.62. The zero-order chi connectivity index (χ0) is 12.4. The van der Waals surface area contributed by atoms with Crippen molar-refractivity contribution >= 4 is 5.91 Å². The summed E-state index contributed by atoms with van der Waals surface area (Å²) in [4.78, 5) is 13.4. The summed E-state index contributed by atoms with van der Waals surface area (Å²) < 4.78 is 5.09. The lowest BCUT2D eigenvalue weighted by Gasteiger charge is -2.24. The lowest BCUT2D eigenvalue weighted by atomic mass is 10.1. The van der Waals surface area contributed by atoms with Crippen LogP contribution in [-0.2, 0) is 4.79 Å². The molecule has 1 saturated heterocycles. The lowest BCUT2D eigenvalue weighted by Crippen LogP contribution is -2.29. The maximum atomic E-state index is 11.7. The summed E-state index contributed by atoms with van der Waals surface area (Å²) in [5.41, 5.74) is 1.05. The van der Waals surface area contributed by atoms with E-state index in [-0.39, 0.29) is 18.4 Å². The summed E-state index contributed by atoms with van der Waals surface area (Å²) >= 11 is 0. The van der Waals surface area contributed by atoms with Crippen molar-refractivity contribution in [2.45, 2.75) is 25.5 Å². The number of aliphatic hydroxyl groups is 1. The van der Waals surface area contributed by atoms with Gasteiger partial charge in [-0.05, 0) is 24.6 Å². The number of carbonyl (C=O) groups excluding carboxylic acids is 1. The molecule has 92 valence electrons. The molecule has 1 N–H and O–H groups in total. The minimum absolute atomic E-state index is 0.00874. The maximum absolute atomic E-state index is 11.7. The summed E-state index contributed by atoms with van der Waals surface area (Å²) in [6, 6.07) is 7.64. The molecule has 1 aliphatic rings. The molecule has 4 heteroatoms. The number of benzene rings is 1. The quantitative estimate of drug-likeness (QED) is 0.860. The molecule has 1 aliphatic heterocycles. The Balaban J connectivity index is 2.13. The van der Waals surface area contributed by atoms with Gasteiger partial charge in [0, 0.05) is 6.54 Å². The Labute approximate surface area is 101 Å². The van der Waals surface area contributed by atoms with Gasteiger partial charge in [0.15, 0.2) is 0 Å². The largest absolute Gasteiger partial charge is 0.497 e. The van der Waals surface area contributed by atoms with Gasteiger partial charge in [0.1, 0.15) is 5.75 Å². The number of hydrogen-bond donors (Lipinski definition) is 1. The van der Waals surface area contributed by atoms with Crippen LogP contribution in [0, 0.1) is 0 Å². The van der Waals surface area contributed by atoms with E-state index < -0.39 is 6.10 Å². The van der Waals surface area contributed by atoms with Gasteiger partial charge < -0.3 is 14.7 Å². The van der Waals surface area contributed by atoms with E-state index in [4.69, 9.17) is 4.74 Å². The highest BCUT2D eigenvalue weighted by atomic mass is 16.5. The zero-order valence-corrected chi connectivity index (χ0v) is 10.1. The van der Waals surface area contributed by atoms with Gasteiger partial charge in [0.2, 0.25) is 5.91 Å². The number of carbonyl (C=O) groups is 1. The van der Waals surface area contributed by atoms with Crippen LogP contribution in [0.2, 0.25) is 0 Å². The van der Waals surface area contributed by atoms with Crippen LogP contribution in [0.1, 0.15) is 24.9 Å². The number of β-amino-alcohol motifs (C(OH)–C–C–N with tert-alkyl or cyclic N) is 1. The van der Waals surface area contributed by atoms with E-state index in [1.165, 1.54) is 0 Å². The Morgan fingerprint density at radius 2 is 2.06 bits per heavy atom. The van der Waals surface area contributed by atoms with Gasteiger partial charge in [-0.15, -0.1) is 0 Å². The number of amides is 1. The molecule has 1 unspecified atom stereocenters. The minimum Gasteiger partial charge on any atom is -0.497 e. The van der Waals surface area contributed by atoms with Crippen LogP contribution >= 0.6 is 0 Å². The van der Waals surface area contributed by atoms with Crippen molar-refractivity contribution in [3.63, 3.8) is 0 Å². The number of ether oxygens (including phenoxy) is 1. The second-order valence-electron chi connectivity index (χ2n) is 4.35. The fourth-order valence-electron chi connectivity index (χ4n) is 2.15. The molecule has 1 heterocycles. The molecule has 1 fully saturated rings. The van der Waals surface area contributed by atoms with E-state index in [1.54, 1.807) is 12.0 Å². The lowest BCUT2D eigenvalue weighted by molar-refractivity contribution is -0.129. The SMILES string of the molecule is COc1ccc([C@H](C)N2CC(O)CC2=O)cc1. The van der Waals surface area contributed by atoms with Crippen molar-refractivity contribution in [1.29, 1.82) is 0 Å². The first-order valence-electron chi connectivity index (χ1n) is 5.73. The third-order valence-electron chi connectivity index (χ3n) is 3.20. The van der Waals surface area contributed by atoms with Gasteiger partial charge in [-0.25, -0.2) is 0 Å². The Morgan fingerprint density at radius 1 is 1.41 bits per heavy atom. The molecule has 0 aliphatic carbocycles. The molecule has 2 rings (SSSR count). The fraction of sp³-hybridized carbons (Fsp3) is 0.462. The summed E-state index contributed by atoms with van der Waals surface area (Å²) in [6.45, 7) is 2.39. The van der Waals surface area contributed by atoms with Gasteiger partial charge in [-0.3, -0.25) is 4.79 Å². The Morgan fingerprint density at radius 3 is 2.53 bits per heavy atom. The number of nitrogens with zero attached hydrogens (tertiary/aromatic N) is 1. The third-order valence-corrected chi connectivity index (χ3v) is 3.20. The standard InChI is InChI=1S/C13H17NO3/c1-9(14-8-11(15)7-13(14)16)10-3-5-12(17-2)6-4-10/h3-6,9,11,15H,7-8H2,1-2H3/t9-,11?/m0/s1. The van der Waals surface area contributed by atoms with Gasteiger partial charge in [-0.2, -0.15) is 0 Å². The highest BCUT2D eigenvalue weighted by Gasteiger charge is 2.31. The van der Waals surface area contributed by atoms with E-state index in [9.17, 15) is 9.90 Å². The fourth-order valence-corrected chi connectivity index (χ4v) is 2.15. The van der Waals surface area contributed by atoms with Crippen molar-refractivity contribution in [3.8, 4) is 5.75 Å². The number of methoxy groups -OCH3 is 1. The summed E-state index contributed by atoms with van der Waals surface area (Å²) in [5, 5.41) is 9.47. The second kappa shape index (κ2) is 4.75. The van der Waals surface area contributed by atoms with Crippen molar-refractivity contribution in [1.82, 2.24) is 4.90 Å². The molecular weight excluding hydrogens is 218 g/mol. The first-order chi connectivity index (χ1) is 8.11. The first kappa shape index (κ1) is 11.9. The highest BCUT2D eigenvalue weighted by molar-refractivity contribution is 5.79. The van der Waals surface area contributed by atoms with Gasteiger partial charge in [0.05, 0.1) is 25.7 Å². The average Bonchev–Trinajstić information content (AvgIpc) is 2.68. The predicted molar refractivity (Wildman–Crippen MR) is 63.7 cm³/mol. The van der Waals surface area contributed by atoms with Crippen LogP contribution < -0.4 is 4.74 Å². The molecule has 0 radical (unpaired) electrons. The topological polar surface area (TPSA) is 49.8 Å². The maximum Gasteiger partial charge on any atom is 0.225 e. The van der Waals surface area contributed by atoms with Gasteiger partial charge >= 0.3 is 0 Å². The van der Waals surface area contributed by atoms with Crippen molar-refractivity contribution in [3.05, 3.63) is 29.8 Å². The van der Waals surface area contributed by atoms with Crippen LogP contribution in [0.5, 0.6) is 5.75 Å². The van der Waals surface area contributed by atoms with Crippen LogP contribution in [0.15, 0.2) is 24.3 Å². The van der Waals surface area contributed by atoms with Crippen molar-refractivity contribution < 1.29 is 14.6 Å². The van der Waals surface area contributed by atoms with Gasteiger partial charge in [-0.1, -0.05) is 12.1 Å². The Hall–Kier alpha value is -1.55. The Kier molecular flexibility index (Phi) is 3.33. The number of aliphatic hydroxyl groups excluding tert-OH is 1. The number of hydrogen-bond acceptors (Lipinski definition) is 3. The molecule has 0 spiro atoms. The van der Waals surface area contributed by atoms with Gasteiger partial charge in [0.25, 0.3) is 0 Å². The molecule has 4 nitrogen and oxygen atoms in total. The molecule has 2 atom stereocenters. The van der Waals surface area contributed by atoms with E-state index >= 15 is 0 Å². The predicted octanol–water partition coefficient (Wildman–Crippen LogP) is 1.35. The molecule has 17 heavy (non-hydrogen) atoms.